The Balaban J connectivity index is 2.11. The fraction of sp³-hybridized carbons (Fsp3) is 0.650. The van der Waals surface area contributed by atoms with Gasteiger partial charge in [-0.1, -0.05) is 38.5 Å². The van der Waals surface area contributed by atoms with E-state index in [4.69, 9.17) is 10.5 Å². The molecule has 23 heavy (non-hydrogen) atoms. The maximum atomic E-state index is 12.1. The third-order valence-electron chi connectivity index (χ3n) is 5.76. The van der Waals surface area contributed by atoms with Crippen molar-refractivity contribution in [1.82, 2.24) is 0 Å². The van der Waals surface area contributed by atoms with Crippen molar-refractivity contribution in [3.8, 4) is 5.75 Å². The number of methoxy groups -OCH3 is 1. The standard InChI is InChI=1S/C20H29NO2/c1-23-17-13-12-16(20(21)22)18(14-8-4-2-5-9-14)19(17)15-10-6-3-7-11-15/h12-15H,2-11H2,1H3,(H2,21,22). The topological polar surface area (TPSA) is 52.3 Å². The zero-order chi connectivity index (χ0) is 16.2. The summed E-state index contributed by atoms with van der Waals surface area (Å²) in [4.78, 5) is 12.1. The van der Waals surface area contributed by atoms with Crippen molar-refractivity contribution < 1.29 is 9.53 Å². The van der Waals surface area contributed by atoms with Crippen LogP contribution in [0.15, 0.2) is 12.1 Å². The Morgan fingerprint density at radius 3 is 1.91 bits per heavy atom. The smallest absolute Gasteiger partial charge is 0.249 e. The Hall–Kier alpha value is -1.51. The molecule has 0 heterocycles. The highest BCUT2D eigenvalue weighted by Gasteiger charge is 2.30. The van der Waals surface area contributed by atoms with E-state index in [2.05, 4.69) is 0 Å². The van der Waals surface area contributed by atoms with Gasteiger partial charge in [-0.05, 0) is 55.2 Å². The molecule has 1 aromatic rings. The molecule has 0 aliphatic heterocycles. The lowest BCUT2D eigenvalue weighted by Gasteiger charge is -2.32. The normalized spacial score (nSPS) is 20.4. The molecular formula is C20H29NO2. The van der Waals surface area contributed by atoms with Crippen LogP contribution in [0.3, 0.4) is 0 Å². The molecule has 0 saturated heterocycles. The van der Waals surface area contributed by atoms with Crippen LogP contribution in [0.4, 0.5) is 0 Å². The summed E-state index contributed by atoms with van der Waals surface area (Å²) in [7, 11) is 1.75. The molecule has 0 unspecified atom stereocenters. The second kappa shape index (κ2) is 7.37. The number of ether oxygens (including phenoxy) is 1. The van der Waals surface area contributed by atoms with Crippen LogP contribution in [0.5, 0.6) is 5.75 Å². The highest BCUT2D eigenvalue weighted by molar-refractivity contribution is 5.95. The fourth-order valence-electron chi connectivity index (χ4n) is 4.65. The van der Waals surface area contributed by atoms with Crippen molar-refractivity contribution in [1.29, 1.82) is 0 Å². The van der Waals surface area contributed by atoms with Crippen molar-refractivity contribution in [3.05, 3.63) is 28.8 Å². The monoisotopic (exact) mass is 315 g/mol. The summed E-state index contributed by atoms with van der Waals surface area (Å²) >= 11 is 0. The molecule has 3 rings (SSSR count). The van der Waals surface area contributed by atoms with Crippen molar-refractivity contribution in [2.75, 3.05) is 7.11 Å². The quantitative estimate of drug-likeness (QED) is 0.860. The molecule has 0 radical (unpaired) electrons. The van der Waals surface area contributed by atoms with Gasteiger partial charge < -0.3 is 10.5 Å². The van der Waals surface area contributed by atoms with E-state index in [9.17, 15) is 4.79 Å². The van der Waals surface area contributed by atoms with Gasteiger partial charge in [0.15, 0.2) is 0 Å². The van der Waals surface area contributed by atoms with Gasteiger partial charge in [0.25, 0.3) is 0 Å². The van der Waals surface area contributed by atoms with Gasteiger partial charge in [0, 0.05) is 11.1 Å². The molecule has 2 N–H and O–H groups in total. The third kappa shape index (κ3) is 3.39. The van der Waals surface area contributed by atoms with Gasteiger partial charge in [-0.2, -0.15) is 0 Å². The molecule has 0 bridgehead atoms. The first-order valence-electron chi connectivity index (χ1n) is 9.23. The second-order valence-electron chi connectivity index (χ2n) is 7.18. The number of hydrogen-bond donors (Lipinski definition) is 1. The minimum absolute atomic E-state index is 0.287. The van der Waals surface area contributed by atoms with Gasteiger partial charge >= 0.3 is 0 Å². The third-order valence-corrected chi connectivity index (χ3v) is 5.76. The molecule has 0 atom stereocenters. The predicted octanol–water partition coefficient (Wildman–Crippen LogP) is 4.89. The largest absolute Gasteiger partial charge is 0.496 e. The summed E-state index contributed by atoms with van der Waals surface area (Å²) in [6, 6.07) is 3.84. The van der Waals surface area contributed by atoms with E-state index in [0.717, 1.165) is 11.3 Å². The molecule has 1 amide bonds. The van der Waals surface area contributed by atoms with Crippen LogP contribution in [0.2, 0.25) is 0 Å². The number of hydrogen-bond acceptors (Lipinski definition) is 2. The highest BCUT2D eigenvalue weighted by Crippen LogP contribution is 2.46. The average molecular weight is 315 g/mol. The van der Waals surface area contributed by atoms with Gasteiger partial charge in [-0.3, -0.25) is 4.79 Å². The Labute approximate surface area is 139 Å². The molecule has 2 aliphatic rings. The van der Waals surface area contributed by atoms with E-state index in [1.54, 1.807) is 7.11 Å². The van der Waals surface area contributed by atoms with Crippen molar-refractivity contribution in [3.63, 3.8) is 0 Å². The van der Waals surface area contributed by atoms with Crippen LogP contribution in [-0.4, -0.2) is 13.0 Å². The molecular weight excluding hydrogens is 286 g/mol. The molecule has 2 fully saturated rings. The minimum atomic E-state index is -0.287. The lowest BCUT2D eigenvalue weighted by molar-refractivity contribution is 0.0998. The van der Waals surface area contributed by atoms with Crippen molar-refractivity contribution >= 4 is 5.91 Å². The molecule has 0 aromatic heterocycles. The number of rotatable bonds is 4. The van der Waals surface area contributed by atoms with Crippen LogP contribution < -0.4 is 10.5 Å². The number of primary amides is 1. The Bertz CT molecular complexity index is 555. The van der Waals surface area contributed by atoms with E-state index < -0.39 is 0 Å². The summed E-state index contributed by atoms with van der Waals surface area (Å²) in [5, 5.41) is 0. The van der Waals surface area contributed by atoms with E-state index in [-0.39, 0.29) is 5.91 Å². The Morgan fingerprint density at radius 1 is 0.913 bits per heavy atom. The molecule has 3 nitrogen and oxygen atoms in total. The maximum Gasteiger partial charge on any atom is 0.249 e. The van der Waals surface area contributed by atoms with E-state index in [1.807, 2.05) is 12.1 Å². The maximum absolute atomic E-state index is 12.1. The first-order valence-corrected chi connectivity index (χ1v) is 9.23. The number of benzene rings is 1. The zero-order valence-electron chi connectivity index (χ0n) is 14.3. The van der Waals surface area contributed by atoms with Gasteiger partial charge in [-0.25, -0.2) is 0 Å². The van der Waals surface area contributed by atoms with Gasteiger partial charge in [-0.15, -0.1) is 0 Å². The number of carbonyl (C=O) groups is 1. The number of carbonyl (C=O) groups excluding carboxylic acids is 1. The summed E-state index contributed by atoms with van der Waals surface area (Å²) in [5.41, 5.74) is 8.99. The average Bonchev–Trinajstić information content (AvgIpc) is 2.61. The summed E-state index contributed by atoms with van der Waals surface area (Å²) in [6.07, 6.45) is 12.5. The van der Waals surface area contributed by atoms with E-state index in [1.165, 1.54) is 75.3 Å². The number of nitrogens with two attached hydrogens (primary N) is 1. The molecule has 3 heteroatoms. The molecule has 1 aromatic carbocycles. The van der Waals surface area contributed by atoms with E-state index >= 15 is 0 Å². The minimum Gasteiger partial charge on any atom is -0.496 e. The Kier molecular flexibility index (Phi) is 5.24. The molecule has 0 spiro atoms. The zero-order valence-corrected chi connectivity index (χ0v) is 14.3. The Morgan fingerprint density at radius 2 is 1.43 bits per heavy atom. The lowest BCUT2D eigenvalue weighted by atomic mass is 9.74. The SMILES string of the molecule is COc1ccc(C(N)=O)c(C2CCCCC2)c1C1CCCCC1. The fourth-order valence-corrected chi connectivity index (χ4v) is 4.65. The lowest BCUT2D eigenvalue weighted by Crippen LogP contribution is -2.21. The van der Waals surface area contributed by atoms with Crippen molar-refractivity contribution in [2.45, 2.75) is 76.0 Å². The molecule has 2 saturated carbocycles. The first kappa shape index (κ1) is 16.4. The van der Waals surface area contributed by atoms with Crippen LogP contribution in [0.1, 0.15) is 97.5 Å². The summed E-state index contributed by atoms with van der Waals surface area (Å²) in [5.74, 6) is 1.67. The number of amides is 1. The van der Waals surface area contributed by atoms with Crippen molar-refractivity contribution in [2.24, 2.45) is 5.73 Å². The molecule has 126 valence electrons. The second-order valence-corrected chi connectivity index (χ2v) is 7.18. The first-order chi connectivity index (χ1) is 11.2. The highest BCUT2D eigenvalue weighted by atomic mass is 16.5. The van der Waals surface area contributed by atoms with Crippen LogP contribution in [0.25, 0.3) is 0 Å². The van der Waals surface area contributed by atoms with E-state index in [0.29, 0.717) is 11.8 Å². The molecule has 2 aliphatic carbocycles. The van der Waals surface area contributed by atoms with Crippen LogP contribution in [-0.2, 0) is 0 Å². The summed E-state index contributed by atoms with van der Waals surface area (Å²) < 4.78 is 5.71. The summed E-state index contributed by atoms with van der Waals surface area (Å²) in [6.45, 7) is 0. The van der Waals surface area contributed by atoms with Crippen LogP contribution in [0, 0.1) is 0 Å². The van der Waals surface area contributed by atoms with Crippen LogP contribution >= 0.6 is 0 Å². The van der Waals surface area contributed by atoms with Gasteiger partial charge in [0.05, 0.1) is 7.11 Å². The van der Waals surface area contributed by atoms with Gasteiger partial charge in [0.2, 0.25) is 5.91 Å². The van der Waals surface area contributed by atoms with Gasteiger partial charge in [0.1, 0.15) is 5.75 Å². The predicted molar refractivity (Wildman–Crippen MR) is 93.2 cm³/mol.